The Hall–Kier alpha value is -3.41. The predicted molar refractivity (Wildman–Crippen MR) is 102 cm³/mol. The minimum absolute atomic E-state index is 0.240. The molecule has 0 radical (unpaired) electrons. The Morgan fingerprint density at radius 2 is 1.67 bits per heavy atom. The van der Waals surface area contributed by atoms with Gasteiger partial charge in [-0.1, -0.05) is 17.7 Å². The number of rotatable bonds is 4. The number of amides is 1. The molecule has 6 heteroatoms. The standard InChI is InChI=1S/C21H19NO5/c1-12-4-5-18-16(9-12)17(23)10-19(27-18)21(25)26-11-20(24)22-15-7-13(2)6-14(3)8-15/h4-10H,11H2,1-3H3,(H,22,24). The fourth-order valence-corrected chi connectivity index (χ4v) is 2.82. The van der Waals surface area contributed by atoms with E-state index in [9.17, 15) is 14.4 Å². The van der Waals surface area contributed by atoms with Gasteiger partial charge in [0.1, 0.15) is 5.58 Å². The van der Waals surface area contributed by atoms with Crippen molar-refractivity contribution in [3.8, 4) is 0 Å². The van der Waals surface area contributed by atoms with Crippen molar-refractivity contribution in [3.63, 3.8) is 0 Å². The first-order chi connectivity index (χ1) is 12.8. The van der Waals surface area contributed by atoms with E-state index in [2.05, 4.69) is 5.32 Å². The average Bonchev–Trinajstić information content (AvgIpc) is 2.59. The minimum Gasteiger partial charge on any atom is -0.450 e. The topological polar surface area (TPSA) is 85.6 Å². The largest absolute Gasteiger partial charge is 0.450 e. The minimum atomic E-state index is -0.870. The Kier molecular flexibility index (Phi) is 5.07. The molecule has 138 valence electrons. The van der Waals surface area contributed by atoms with Crippen LogP contribution >= 0.6 is 0 Å². The van der Waals surface area contributed by atoms with Crippen molar-refractivity contribution in [2.24, 2.45) is 0 Å². The summed E-state index contributed by atoms with van der Waals surface area (Å²) in [5.74, 6) is -1.59. The summed E-state index contributed by atoms with van der Waals surface area (Å²) in [5.41, 5.74) is 3.51. The number of ether oxygens (including phenoxy) is 1. The summed E-state index contributed by atoms with van der Waals surface area (Å²) in [6.45, 7) is 5.22. The molecular weight excluding hydrogens is 346 g/mol. The van der Waals surface area contributed by atoms with Gasteiger partial charge in [-0.05, 0) is 56.2 Å². The van der Waals surface area contributed by atoms with Crippen LogP contribution < -0.4 is 10.7 Å². The molecule has 6 nitrogen and oxygen atoms in total. The molecule has 0 aliphatic heterocycles. The summed E-state index contributed by atoms with van der Waals surface area (Å²) in [6.07, 6.45) is 0. The molecule has 0 saturated heterocycles. The quantitative estimate of drug-likeness (QED) is 0.715. The van der Waals surface area contributed by atoms with E-state index in [1.54, 1.807) is 18.2 Å². The van der Waals surface area contributed by atoms with Crippen LogP contribution in [-0.4, -0.2) is 18.5 Å². The number of hydrogen-bond acceptors (Lipinski definition) is 5. The number of carbonyl (C=O) groups is 2. The van der Waals surface area contributed by atoms with Crippen molar-refractivity contribution in [2.75, 3.05) is 11.9 Å². The Morgan fingerprint density at radius 3 is 2.37 bits per heavy atom. The highest BCUT2D eigenvalue weighted by Crippen LogP contribution is 2.15. The monoisotopic (exact) mass is 365 g/mol. The predicted octanol–water partition coefficient (Wildman–Crippen LogP) is 3.51. The fourth-order valence-electron chi connectivity index (χ4n) is 2.82. The summed E-state index contributed by atoms with van der Waals surface area (Å²) >= 11 is 0. The van der Waals surface area contributed by atoms with Gasteiger partial charge in [-0.2, -0.15) is 0 Å². The van der Waals surface area contributed by atoms with Crippen molar-refractivity contribution in [3.05, 3.63) is 75.1 Å². The summed E-state index contributed by atoms with van der Waals surface area (Å²) in [7, 11) is 0. The maximum absolute atomic E-state index is 12.2. The molecule has 1 N–H and O–H groups in total. The van der Waals surface area contributed by atoms with Crippen LogP contribution in [0.4, 0.5) is 5.69 Å². The summed E-state index contributed by atoms with van der Waals surface area (Å²) in [5, 5.41) is 3.06. The molecular formula is C21H19NO5. The zero-order valence-corrected chi connectivity index (χ0v) is 15.3. The second kappa shape index (κ2) is 7.45. The number of fused-ring (bicyclic) bond motifs is 1. The Balaban J connectivity index is 1.68. The van der Waals surface area contributed by atoms with E-state index in [1.165, 1.54) is 0 Å². The Bertz CT molecular complexity index is 1080. The molecule has 1 amide bonds. The van der Waals surface area contributed by atoms with E-state index in [1.807, 2.05) is 39.0 Å². The van der Waals surface area contributed by atoms with Gasteiger partial charge in [0.15, 0.2) is 12.0 Å². The van der Waals surface area contributed by atoms with Gasteiger partial charge in [0.05, 0.1) is 5.39 Å². The Labute approximate surface area is 155 Å². The summed E-state index contributed by atoms with van der Waals surface area (Å²) < 4.78 is 10.4. The van der Waals surface area contributed by atoms with Crippen molar-refractivity contribution >= 4 is 28.5 Å². The first kappa shape index (κ1) is 18.4. The van der Waals surface area contributed by atoms with Crippen LogP contribution in [0.25, 0.3) is 11.0 Å². The van der Waals surface area contributed by atoms with Gasteiger partial charge < -0.3 is 14.5 Å². The van der Waals surface area contributed by atoms with Crippen LogP contribution in [0.15, 0.2) is 51.7 Å². The SMILES string of the molecule is Cc1cc(C)cc(NC(=O)COC(=O)c2cc(=O)c3cc(C)ccc3o2)c1. The van der Waals surface area contributed by atoms with Crippen molar-refractivity contribution in [1.29, 1.82) is 0 Å². The van der Waals surface area contributed by atoms with E-state index in [-0.39, 0.29) is 11.2 Å². The first-order valence-corrected chi connectivity index (χ1v) is 8.41. The molecule has 0 aliphatic carbocycles. The highest BCUT2D eigenvalue weighted by atomic mass is 16.5. The summed E-state index contributed by atoms with van der Waals surface area (Å²) in [4.78, 5) is 36.3. The molecule has 3 aromatic rings. The molecule has 0 unspecified atom stereocenters. The van der Waals surface area contributed by atoms with Crippen LogP contribution in [0.3, 0.4) is 0 Å². The number of carbonyl (C=O) groups excluding carboxylic acids is 2. The van der Waals surface area contributed by atoms with Gasteiger partial charge >= 0.3 is 5.97 Å². The molecule has 2 aromatic carbocycles. The van der Waals surface area contributed by atoms with Gasteiger partial charge in [0.2, 0.25) is 5.76 Å². The van der Waals surface area contributed by atoms with Crippen LogP contribution in [-0.2, 0) is 9.53 Å². The molecule has 1 aromatic heterocycles. The Morgan fingerprint density at radius 1 is 0.963 bits per heavy atom. The van der Waals surface area contributed by atoms with Crippen molar-refractivity contribution < 1.29 is 18.7 Å². The van der Waals surface area contributed by atoms with Gasteiger partial charge in [0.25, 0.3) is 5.91 Å². The zero-order chi connectivity index (χ0) is 19.6. The van der Waals surface area contributed by atoms with Crippen LogP contribution in [0.5, 0.6) is 0 Å². The maximum Gasteiger partial charge on any atom is 0.374 e. The molecule has 0 spiro atoms. The molecule has 0 saturated carbocycles. The number of anilines is 1. The molecule has 0 aliphatic rings. The summed E-state index contributed by atoms with van der Waals surface area (Å²) in [6, 6.07) is 11.8. The number of benzene rings is 2. The van der Waals surface area contributed by atoms with Gasteiger partial charge in [0, 0.05) is 11.8 Å². The van der Waals surface area contributed by atoms with E-state index < -0.39 is 18.5 Å². The van der Waals surface area contributed by atoms with Crippen molar-refractivity contribution in [2.45, 2.75) is 20.8 Å². The van der Waals surface area contributed by atoms with E-state index in [0.717, 1.165) is 22.8 Å². The lowest BCUT2D eigenvalue weighted by Crippen LogP contribution is -2.21. The van der Waals surface area contributed by atoms with Gasteiger partial charge in [-0.3, -0.25) is 9.59 Å². The third kappa shape index (κ3) is 4.41. The molecule has 3 rings (SSSR count). The van der Waals surface area contributed by atoms with E-state index >= 15 is 0 Å². The van der Waals surface area contributed by atoms with Crippen LogP contribution in [0, 0.1) is 20.8 Å². The van der Waals surface area contributed by atoms with Gasteiger partial charge in [-0.25, -0.2) is 4.79 Å². The zero-order valence-electron chi connectivity index (χ0n) is 15.3. The highest BCUT2D eigenvalue weighted by molar-refractivity contribution is 5.95. The smallest absolute Gasteiger partial charge is 0.374 e. The second-order valence-electron chi connectivity index (χ2n) is 6.48. The first-order valence-electron chi connectivity index (χ1n) is 8.41. The number of hydrogen-bond donors (Lipinski definition) is 1. The molecule has 0 fully saturated rings. The molecule has 1 heterocycles. The fraction of sp³-hybridized carbons (Fsp3) is 0.190. The normalized spacial score (nSPS) is 10.6. The van der Waals surface area contributed by atoms with Crippen LogP contribution in [0.2, 0.25) is 0 Å². The average molecular weight is 365 g/mol. The van der Waals surface area contributed by atoms with Gasteiger partial charge in [-0.15, -0.1) is 0 Å². The van der Waals surface area contributed by atoms with E-state index in [0.29, 0.717) is 16.7 Å². The molecule has 0 bridgehead atoms. The van der Waals surface area contributed by atoms with Crippen molar-refractivity contribution in [1.82, 2.24) is 0 Å². The highest BCUT2D eigenvalue weighted by Gasteiger charge is 2.16. The number of nitrogens with one attached hydrogen (secondary N) is 1. The second-order valence-corrected chi connectivity index (χ2v) is 6.48. The molecule has 0 atom stereocenters. The third-order valence-corrected chi connectivity index (χ3v) is 3.92. The maximum atomic E-state index is 12.2. The lowest BCUT2D eigenvalue weighted by Gasteiger charge is -2.08. The number of esters is 1. The lowest BCUT2D eigenvalue weighted by atomic mass is 10.1. The third-order valence-electron chi connectivity index (χ3n) is 3.92. The lowest BCUT2D eigenvalue weighted by molar-refractivity contribution is -0.119. The molecule has 27 heavy (non-hydrogen) atoms. The number of aryl methyl sites for hydroxylation is 3. The van der Waals surface area contributed by atoms with Crippen LogP contribution in [0.1, 0.15) is 27.2 Å². The van der Waals surface area contributed by atoms with E-state index in [4.69, 9.17) is 9.15 Å².